The summed E-state index contributed by atoms with van der Waals surface area (Å²) < 4.78 is 25.0. The van der Waals surface area contributed by atoms with E-state index in [0.717, 1.165) is 18.4 Å². The van der Waals surface area contributed by atoms with E-state index in [2.05, 4.69) is 5.32 Å². The van der Waals surface area contributed by atoms with Crippen molar-refractivity contribution in [1.82, 2.24) is 0 Å². The lowest BCUT2D eigenvalue weighted by molar-refractivity contribution is -0.118. The van der Waals surface area contributed by atoms with Crippen molar-refractivity contribution < 1.29 is 13.2 Å². The second-order valence-electron chi connectivity index (χ2n) is 6.04. The third-order valence-corrected chi connectivity index (χ3v) is 5.02. The molecule has 0 spiro atoms. The summed E-state index contributed by atoms with van der Waals surface area (Å²) >= 11 is 0. The minimum absolute atomic E-state index is 0.0540. The lowest BCUT2D eigenvalue weighted by Crippen LogP contribution is -2.39. The number of benzene rings is 1. The minimum atomic E-state index is -3.27. The van der Waals surface area contributed by atoms with Gasteiger partial charge < -0.3 is 11.1 Å². The van der Waals surface area contributed by atoms with Gasteiger partial charge in [-0.1, -0.05) is 13.8 Å². The van der Waals surface area contributed by atoms with Gasteiger partial charge in [0.05, 0.1) is 18.0 Å². The van der Waals surface area contributed by atoms with Gasteiger partial charge in [0.25, 0.3) is 0 Å². The molecule has 0 bridgehead atoms. The second-order valence-corrected chi connectivity index (χ2v) is 7.95. The Bertz CT molecular complexity index is 671. The first kappa shape index (κ1) is 16.8. The van der Waals surface area contributed by atoms with Crippen molar-refractivity contribution in [2.45, 2.75) is 32.7 Å². The summed E-state index contributed by atoms with van der Waals surface area (Å²) in [5.41, 5.74) is 8.09. The van der Waals surface area contributed by atoms with Crippen LogP contribution >= 0.6 is 0 Å². The van der Waals surface area contributed by atoms with Crippen LogP contribution in [0.1, 0.15) is 25.8 Å². The molecule has 0 saturated heterocycles. The van der Waals surface area contributed by atoms with Crippen LogP contribution in [0.5, 0.6) is 0 Å². The van der Waals surface area contributed by atoms with E-state index in [1.807, 2.05) is 19.9 Å². The second kappa shape index (κ2) is 6.26. The average molecular weight is 325 g/mol. The molecular weight excluding hydrogens is 302 g/mol. The van der Waals surface area contributed by atoms with Crippen molar-refractivity contribution in [3.63, 3.8) is 0 Å². The molecule has 1 aliphatic rings. The fraction of sp³-hybridized carbons (Fsp3) is 0.533. The summed E-state index contributed by atoms with van der Waals surface area (Å²) in [5, 5.41) is 2.79. The van der Waals surface area contributed by atoms with Gasteiger partial charge in [0.2, 0.25) is 15.9 Å². The third-order valence-electron chi connectivity index (χ3n) is 3.84. The maximum atomic E-state index is 12.0. The van der Waals surface area contributed by atoms with Crippen LogP contribution in [0, 0.1) is 5.92 Å². The van der Waals surface area contributed by atoms with Gasteiger partial charge in [-0.3, -0.25) is 9.10 Å². The fourth-order valence-corrected chi connectivity index (χ4v) is 3.51. The Labute approximate surface area is 131 Å². The molecule has 6 nitrogen and oxygen atoms in total. The highest BCUT2D eigenvalue weighted by molar-refractivity contribution is 7.92. The van der Waals surface area contributed by atoms with Crippen LogP contribution in [0.25, 0.3) is 0 Å². The number of hydrogen-bond donors (Lipinski definition) is 2. The molecule has 7 heteroatoms. The number of nitrogens with zero attached hydrogens (tertiary/aromatic N) is 1. The molecule has 122 valence electrons. The summed E-state index contributed by atoms with van der Waals surface area (Å²) in [4.78, 5) is 12.0. The maximum Gasteiger partial charge on any atom is 0.241 e. The largest absolute Gasteiger partial charge is 0.325 e. The SMILES string of the molecule is CC(C)[C@H](N)C(=O)Nc1ccc2c(c1)CCCN2S(C)(=O)=O. The van der Waals surface area contributed by atoms with E-state index in [1.54, 1.807) is 12.1 Å². The number of fused-ring (bicyclic) bond motifs is 1. The van der Waals surface area contributed by atoms with E-state index in [4.69, 9.17) is 5.73 Å². The first-order valence-electron chi connectivity index (χ1n) is 7.37. The molecule has 1 atom stereocenters. The minimum Gasteiger partial charge on any atom is -0.325 e. The van der Waals surface area contributed by atoms with Crippen LogP contribution in [0.15, 0.2) is 18.2 Å². The Morgan fingerprint density at radius 2 is 2.05 bits per heavy atom. The summed E-state index contributed by atoms with van der Waals surface area (Å²) in [6, 6.07) is 4.72. The van der Waals surface area contributed by atoms with E-state index in [9.17, 15) is 13.2 Å². The molecule has 0 aliphatic carbocycles. The number of carbonyl (C=O) groups is 1. The monoisotopic (exact) mass is 325 g/mol. The molecule has 1 aromatic rings. The highest BCUT2D eigenvalue weighted by Crippen LogP contribution is 2.31. The van der Waals surface area contributed by atoms with Crippen molar-refractivity contribution >= 4 is 27.3 Å². The standard InChI is InChI=1S/C15H23N3O3S/c1-10(2)14(16)15(19)17-12-6-7-13-11(9-12)5-4-8-18(13)22(3,20)21/h6-7,9-10,14H,4-5,8,16H2,1-3H3,(H,17,19)/t14-/m0/s1. The lowest BCUT2D eigenvalue weighted by Gasteiger charge is -2.29. The lowest BCUT2D eigenvalue weighted by atomic mass is 10.0. The predicted octanol–water partition coefficient (Wildman–Crippen LogP) is 1.32. The van der Waals surface area contributed by atoms with E-state index in [-0.39, 0.29) is 11.8 Å². The van der Waals surface area contributed by atoms with Crippen LogP contribution in [0.4, 0.5) is 11.4 Å². The first-order valence-corrected chi connectivity index (χ1v) is 9.22. The molecule has 1 amide bonds. The van der Waals surface area contributed by atoms with Gasteiger partial charge in [0.1, 0.15) is 0 Å². The maximum absolute atomic E-state index is 12.0. The first-order chi connectivity index (χ1) is 10.2. The summed E-state index contributed by atoms with van der Waals surface area (Å²) in [6.45, 7) is 4.28. The normalized spacial score (nSPS) is 16.3. The van der Waals surface area contributed by atoms with E-state index in [1.165, 1.54) is 10.6 Å². The number of nitrogens with one attached hydrogen (secondary N) is 1. The van der Waals surface area contributed by atoms with Gasteiger partial charge in [-0.15, -0.1) is 0 Å². The summed E-state index contributed by atoms with van der Waals surface area (Å²) in [6.07, 6.45) is 2.77. The van der Waals surface area contributed by atoms with Crippen LogP contribution < -0.4 is 15.4 Å². The molecule has 1 aliphatic heterocycles. The van der Waals surface area contributed by atoms with Crippen molar-refractivity contribution in [2.75, 3.05) is 22.4 Å². The van der Waals surface area contributed by atoms with E-state index >= 15 is 0 Å². The van der Waals surface area contributed by atoms with Gasteiger partial charge in [-0.25, -0.2) is 8.42 Å². The topological polar surface area (TPSA) is 92.5 Å². The van der Waals surface area contributed by atoms with E-state index in [0.29, 0.717) is 17.9 Å². The smallest absolute Gasteiger partial charge is 0.241 e. The molecule has 0 aromatic heterocycles. The molecule has 0 radical (unpaired) electrons. The molecule has 22 heavy (non-hydrogen) atoms. The van der Waals surface area contributed by atoms with Gasteiger partial charge in [0.15, 0.2) is 0 Å². The molecule has 0 unspecified atom stereocenters. The molecule has 3 N–H and O–H groups in total. The number of sulfonamides is 1. The Hall–Kier alpha value is -1.60. The Morgan fingerprint density at radius 1 is 1.36 bits per heavy atom. The molecule has 0 fully saturated rings. The summed E-state index contributed by atoms with van der Waals surface area (Å²) in [5.74, 6) is -0.177. The van der Waals surface area contributed by atoms with Crippen molar-refractivity contribution in [2.24, 2.45) is 11.7 Å². The van der Waals surface area contributed by atoms with Crippen LogP contribution in [-0.2, 0) is 21.2 Å². The fourth-order valence-electron chi connectivity index (χ4n) is 2.51. The van der Waals surface area contributed by atoms with Gasteiger partial charge in [-0.05, 0) is 42.5 Å². The van der Waals surface area contributed by atoms with Gasteiger partial charge >= 0.3 is 0 Å². The highest BCUT2D eigenvalue weighted by Gasteiger charge is 2.24. The van der Waals surface area contributed by atoms with Crippen molar-refractivity contribution in [3.8, 4) is 0 Å². The Morgan fingerprint density at radius 3 is 2.64 bits per heavy atom. The molecule has 2 rings (SSSR count). The average Bonchev–Trinajstić information content (AvgIpc) is 2.44. The summed E-state index contributed by atoms with van der Waals surface area (Å²) in [7, 11) is -3.27. The quantitative estimate of drug-likeness (QED) is 0.873. The highest BCUT2D eigenvalue weighted by atomic mass is 32.2. The van der Waals surface area contributed by atoms with Crippen LogP contribution in [0.2, 0.25) is 0 Å². The van der Waals surface area contributed by atoms with Gasteiger partial charge in [0, 0.05) is 12.2 Å². The van der Waals surface area contributed by atoms with E-state index < -0.39 is 16.1 Å². The van der Waals surface area contributed by atoms with Crippen molar-refractivity contribution in [3.05, 3.63) is 23.8 Å². The Kier molecular flexibility index (Phi) is 4.77. The zero-order valence-electron chi connectivity index (χ0n) is 13.2. The molecule has 1 heterocycles. The van der Waals surface area contributed by atoms with Crippen LogP contribution in [0.3, 0.4) is 0 Å². The number of aryl methyl sites for hydroxylation is 1. The zero-order chi connectivity index (χ0) is 16.5. The number of hydrogen-bond acceptors (Lipinski definition) is 4. The van der Waals surface area contributed by atoms with Crippen LogP contribution in [-0.4, -0.2) is 33.2 Å². The number of amides is 1. The zero-order valence-corrected chi connectivity index (χ0v) is 14.0. The molecule has 1 aromatic carbocycles. The third kappa shape index (κ3) is 3.59. The molecular formula is C15H23N3O3S. The van der Waals surface area contributed by atoms with Gasteiger partial charge in [-0.2, -0.15) is 0 Å². The number of rotatable bonds is 4. The van der Waals surface area contributed by atoms with Crippen molar-refractivity contribution in [1.29, 1.82) is 0 Å². The molecule has 0 saturated carbocycles. The number of nitrogens with two attached hydrogens (primary N) is 1. The predicted molar refractivity (Wildman–Crippen MR) is 88.4 cm³/mol. The number of anilines is 2. The Balaban J connectivity index is 2.24. The number of carbonyl (C=O) groups excluding carboxylic acids is 1.